The molecule has 4 nitrogen and oxygen atoms in total. The van der Waals surface area contributed by atoms with Crippen LogP contribution in [0.5, 0.6) is 0 Å². The minimum atomic E-state index is 0.101. The fourth-order valence-electron chi connectivity index (χ4n) is 1.62. The average Bonchev–Trinajstić information content (AvgIpc) is 3.02. The Labute approximate surface area is 93.7 Å². The van der Waals surface area contributed by atoms with Crippen molar-refractivity contribution >= 4 is 23.1 Å². The summed E-state index contributed by atoms with van der Waals surface area (Å²) in [5.41, 5.74) is 6.45. The molecule has 0 spiro atoms. The maximum Gasteiger partial charge on any atom is 0.153 e. The van der Waals surface area contributed by atoms with E-state index in [2.05, 4.69) is 4.98 Å². The van der Waals surface area contributed by atoms with Gasteiger partial charge in [-0.15, -0.1) is 0 Å². The van der Waals surface area contributed by atoms with Crippen molar-refractivity contribution in [3.8, 4) is 0 Å². The lowest BCUT2D eigenvalue weighted by molar-refractivity contribution is 0.301. The van der Waals surface area contributed by atoms with Crippen LogP contribution in [0.2, 0.25) is 5.15 Å². The summed E-state index contributed by atoms with van der Waals surface area (Å²) in [5.74, 6) is 0.694. The van der Waals surface area contributed by atoms with Gasteiger partial charge in [0.1, 0.15) is 5.15 Å². The number of pyridine rings is 1. The van der Waals surface area contributed by atoms with Gasteiger partial charge in [-0.05, 0) is 25.0 Å². The molecule has 1 fully saturated rings. The Morgan fingerprint density at radius 2 is 2.27 bits per heavy atom. The zero-order valence-electron chi connectivity index (χ0n) is 8.36. The van der Waals surface area contributed by atoms with Crippen LogP contribution in [-0.2, 0) is 0 Å². The molecule has 5 heteroatoms. The Morgan fingerprint density at radius 3 is 2.87 bits per heavy atom. The van der Waals surface area contributed by atoms with Crippen LogP contribution in [0, 0.1) is 0 Å². The van der Waals surface area contributed by atoms with E-state index in [-0.39, 0.29) is 6.61 Å². The highest BCUT2D eigenvalue weighted by Crippen LogP contribution is 2.33. The highest BCUT2D eigenvalue weighted by molar-refractivity contribution is 6.29. The smallest absolute Gasteiger partial charge is 0.153 e. The third kappa shape index (κ3) is 2.33. The van der Waals surface area contributed by atoms with Gasteiger partial charge in [-0.3, -0.25) is 0 Å². The summed E-state index contributed by atoms with van der Waals surface area (Å²) in [7, 11) is 0. The molecule has 1 aromatic heterocycles. The lowest BCUT2D eigenvalue weighted by Gasteiger charge is -2.23. The van der Waals surface area contributed by atoms with Crippen molar-refractivity contribution in [1.82, 2.24) is 4.98 Å². The van der Waals surface area contributed by atoms with Gasteiger partial charge in [0.2, 0.25) is 0 Å². The topological polar surface area (TPSA) is 62.4 Å². The number of anilines is 2. The zero-order chi connectivity index (χ0) is 10.8. The number of nitrogen functional groups attached to an aromatic ring is 1. The monoisotopic (exact) mass is 227 g/mol. The van der Waals surface area contributed by atoms with Crippen LogP contribution < -0.4 is 10.6 Å². The highest BCUT2D eigenvalue weighted by atomic mass is 35.5. The molecule has 3 N–H and O–H groups in total. The summed E-state index contributed by atoms with van der Waals surface area (Å²) in [6, 6.07) is 3.88. The number of hydrogen-bond acceptors (Lipinski definition) is 4. The third-order valence-corrected chi connectivity index (χ3v) is 2.68. The first-order valence-electron chi connectivity index (χ1n) is 5.02. The van der Waals surface area contributed by atoms with Crippen LogP contribution in [0.15, 0.2) is 12.1 Å². The molecular formula is C10H14ClN3O. The Morgan fingerprint density at radius 1 is 1.53 bits per heavy atom. The number of hydrogen-bond donors (Lipinski definition) is 2. The summed E-state index contributed by atoms with van der Waals surface area (Å²) < 4.78 is 0. The molecule has 0 saturated heterocycles. The molecule has 2 rings (SSSR count). The van der Waals surface area contributed by atoms with Gasteiger partial charge in [0, 0.05) is 12.6 Å². The Balaban J connectivity index is 2.27. The molecule has 1 heterocycles. The molecule has 0 bridgehead atoms. The van der Waals surface area contributed by atoms with Gasteiger partial charge in [0.25, 0.3) is 0 Å². The summed E-state index contributed by atoms with van der Waals surface area (Å²) in [6.45, 7) is 0.659. The maximum atomic E-state index is 8.99. The normalized spacial score (nSPS) is 15.3. The first-order chi connectivity index (χ1) is 7.22. The van der Waals surface area contributed by atoms with Crippen LogP contribution in [0.4, 0.5) is 11.5 Å². The van der Waals surface area contributed by atoms with Gasteiger partial charge in [-0.1, -0.05) is 11.6 Å². The van der Waals surface area contributed by atoms with E-state index in [4.69, 9.17) is 22.4 Å². The second-order valence-corrected chi connectivity index (χ2v) is 4.08. The summed E-state index contributed by atoms with van der Waals surface area (Å²) in [6.07, 6.45) is 2.27. The Bertz CT molecular complexity index is 355. The highest BCUT2D eigenvalue weighted by Gasteiger charge is 2.30. The van der Waals surface area contributed by atoms with Gasteiger partial charge >= 0.3 is 0 Å². The third-order valence-electron chi connectivity index (χ3n) is 2.47. The molecule has 1 aliphatic rings. The molecule has 1 saturated carbocycles. The van der Waals surface area contributed by atoms with Crippen molar-refractivity contribution in [2.24, 2.45) is 0 Å². The SMILES string of the molecule is Nc1ccc(Cl)nc1N(CCO)C1CC1. The van der Waals surface area contributed by atoms with Gasteiger partial charge in [-0.25, -0.2) is 4.98 Å². The number of nitrogens with two attached hydrogens (primary N) is 1. The van der Waals surface area contributed by atoms with E-state index in [1.807, 2.05) is 4.90 Å². The number of aliphatic hydroxyl groups is 1. The van der Waals surface area contributed by atoms with Crippen molar-refractivity contribution in [3.05, 3.63) is 17.3 Å². The molecule has 0 amide bonds. The minimum Gasteiger partial charge on any atom is -0.396 e. The van der Waals surface area contributed by atoms with E-state index < -0.39 is 0 Å². The average molecular weight is 228 g/mol. The molecule has 1 aliphatic carbocycles. The molecule has 0 atom stereocenters. The molecule has 1 aromatic rings. The van der Waals surface area contributed by atoms with Crippen molar-refractivity contribution in [1.29, 1.82) is 0 Å². The summed E-state index contributed by atoms with van der Waals surface area (Å²) in [5, 5.41) is 9.42. The summed E-state index contributed by atoms with van der Waals surface area (Å²) in [4.78, 5) is 6.24. The van der Waals surface area contributed by atoms with E-state index in [1.165, 1.54) is 0 Å². The van der Waals surface area contributed by atoms with Crippen molar-refractivity contribution in [2.75, 3.05) is 23.8 Å². The fourth-order valence-corrected chi connectivity index (χ4v) is 1.76. The first kappa shape index (κ1) is 10.5. The Kier molecular flexibility index (Phi) is 2.98. The molecule has 0 unspecified atom stereocenters. The second-order valence-electron chi connectivity index (χ2n) is 3.69. The molecule has 82 valence electrons. The van der Waals surface area contributed by atoms with Gasteiger partial charge in [-0.2, -0.15) is 0 Å². The largest absolute Gasteiger partial charge is 0.396 e. The van der Waals surface area contributed by atoms with Gasteiger partial charge in [0.05, 0.1) is 12.3 Å². The van der Waals surface area contributed by atoms with Crippen molar-refractivity contribution in [2.45, 2.75) is 18.9 Å². The first-order valence-corrected chi connectivity index (χ1v) is 5.39. The quantitative estimate of drug-likeness (QED) is 0.761. The van der Waals surface area contributed by atoms with E-state index in [1.54, 1.807) is 12.1 Å². The van der Waals surface area contributed by atoms with Crippen LogP contribution in [0.1, 0.15) is 12.8 Å². The number of nitrogens with zero attached hydrogens (tertiary/aromatic N) is 2. The van der Waals surface area contributed by atoms with Crippen LogP contribution in [0.3, 0.4) is 0 Å². The fraction of sp³-hybridized carbons (Fsp3) is 0.500. The number of rotatable bonds is 4. The predicted molar refractivity (Wildman–Crippen MR) is 61.1 cm³/mol. The molecular weight excluding hydrogens is 214 g/mol. The molecule has 0 aromatic carbocycles. The van der Waals surface area contributed by atoms with Crippen molar-refractivity contribution < 1.29 is 5.11 Å². The second kappa shape index (κ2) is 4.24. The Hall–Kier alpha value is -1.00. The van der Waals surface area contributed by atoms with E-state index >= 15 is 0 Å². The molecule has 0 aliphatic heterocycles. The van der Waals surface area contributed by atoms with Crippen LogP contribution >= 0.6 is 11.6 Å². The van der Waals surface area contributed by atoms with Gasteiger partial charge in [0.15, 0.2) is 5.82 Å². The minimum absolute atomic E-state index is 0.101. The molecule has 15 heavy (non-hydrogen) atoms. The zero-order valence-corrected chi connectivity index (χ0v) is 9.11. The van der Waals surface area contributed by atoms with Gasteiger partial charge < -0.3 is 15.7 Å². The molecule has 0 radical (unpaired) electrons. The lowest BCUT2D eigenvalue weighted by Crippen LogP contribution is -2.30. The predicted octanol–water partition coefficient (Wildman–Crippen LogP) is 1.28. The van der Waals surface area contributed by atoms with Crippen LogP contribution in [0.25, 0.3) is 0 Å². The van der Waals surface area contributed by atoms with Crippen molar-refractivity contribution in [3.63, 3.8) is 0 Å². The van der Waals surface area contributed by atoms with Crippen LogP contribution in [-0.4, -0.2) is 29.3 Å². The number of aliphatic hydroxyl groups excluding tert-OH is 1. The lowest BCUT2D eigenvalue weighted by atomic mass is 10.3. The van der Waals surface area contributed by atoms with E-state index in [0.29, 0.717) is 29.2 Å². The van der Waals surface area contributed by atoms with E-state index in [9.17, 15) is 0 Å². The number of halogens is 1. The van der Waals surface area contributed by atoms with E-state index in [0.717, 1.165) is 12.8 Å². The number of aromatic nitrogens is 1. The standard InChI is InChI=1S/C10H14ClN3O/c11-9-4-3-8(12)10(13-9)14(5-6-15)7-1-2-7/h3-4,7,15H,1-2,5-6,12H2. The summed E-state index contributed by atoms with van der Waals surface area (Å²) >= 11 is 5.83. The maximum absolute atomic E-state index is 8.99.